The average Bonchev–Trinajstić information content (AvgIpc) is 3.08. The van der Waals surface area contributed by atoms with Crippen LogP contribution in [-0.4, -0.2) is 32.9 Å². The van der Waals surface area contributed by atoms with Gasteiger partial charge in [-0.05, 0) is 55.7 Å². The molecule has 1 atom stereocenters. The molecular formula is C21H21N5O4S. The van der Waals surface area contributed by atoms with E-state index in [1.54, 1.807) is 19.1 Å². The van der Waals surface area contributed by atoms with Gasteiger partial charge in [0, 0.05) is 24.2 Å². The second-order valence-corrected chi connectivity index (χ2v) is 8.18. The molecular weight excluding hydrogens is 418 g/mol. The van der Waals surface area contributed by atoms with Crippen molar-refractivity contribution in [1.82, 2.24) is 5.32 Å². The molecule has 0 saturated carbocycles. The highest BCUT2D eigenvalue weighted by molar-refractivity contribution is 8.15. The molecule has 0 unspecified atom stereocenters. The van der Waals surface area contributed by atoms with Gasteiger partial charge in [0.1, 0.15) is 5.25 Å². The average molecular weight is 439 g/mol. The van der Waals surface area contributed by atoms with Gasteiger partial charge in [-0.25, -0.2) is 0 Å². The van der Waals surface area contributed by atoms with Crippen molar-refractivity contribution in [2.24, 2.45) is 10.2 Å². The van der Waals surface area contributed by atoms with Gasteiger partial charge >= 0.3 is 0 Å². The first kappa shape index (κ1) is 22.2. The zero-order valence-electron chi connectivity index (χ0n) is 17.2. The molecule has 9 nitrogen and oxygen atoms in total. The number of aryl methyl sites for hydroxylation is 1. The van der Waals surface area contributed by atoms with Gasteiger partial charge in [-0.15, -0.1) is 5.10 Å². The lowest BCUT2D eigenvalue weighted by molar-refractivity contribution is -0.384. The van der Waals surface area contributed by atoms with E-state index in [4.69, 9.17) is 0 Å². The maximum atomic E-state index is 12.4. The number of benzene rings is 2. The van der Waals surface area contributed by atoms with E-state index < -0.39 is 10.2 Å². The van der Waals surface area contributed by atoms with Crippen LogP contribution in [0.1, 0.15) is 30.0 Å². The predicted octanol–water partition coefficient (Wildman–Crippen LogP) is 3.55. The quantitative estimate of drug-likeness (QED) is 0.404. The lowest BCUT2D eigenvalue weighted by Crippen LogP contribution is -2.28. The highest BCUT2D eigenvalue weighted by atomic mass is 32.2. The van der Waals surface area contributed by atoms with Crippen LogP contribution in [0.5, 0.6) is 0 Å². The smallest absolute Gasteiger partial charge is 0.269 e. The molecule has 0 radical (unpaired) electrons. The first-order chi connectivity index (χ1) is 14.7. The summed E-state index contributed by atoms with van der Waals surface area (Å²) in [5.41, 5.74) is 3.98. The molecule has 0 aliphatic carbocycles. The van der Waals surface area contributed by atoms with Crippen molar-refractivity contribution < 1.29 is 14.5 Å². The first-order valence-electron chi connectivity index (χ1n) is 9.45. The van der Waals surface area contributed by atoms with Crippen LogP contribution in [0, 0.1) is 24.0 Å². The van der Waals surface area contributed by atoms with Gasteiger partial charge < -0.3 is 10.6 Å². The van der Waals surface area contributed by atoms with E-state index in [-0.39, 0.29) is 23.9 Å². The third kappa shape index (κ3) is 5.54. The number of nitro groups is 1. The second kappa shape index (κ2) is 9.52. The van der Waals surface area contributed by atoms with Crippen LogP contribution in [0.25, 0.3) is 0 Å². The van der Waals surface area contributed by atoms with Crippen LogP contribution in [0.4, 0.5) is 11.4 Å². The topological polar surface area (TPSA) is 126 Å². The molecule has 160 valence electrons. The van der Waals surface area contributed by atoms with Crippen molar-refractivity contribution in [3.05, 3.63) is 69.3 Å². The molecule has 1 aliphatic heterocycles. The fraction of sp³-hybridized carbons (Fsp3) is 0.238. The number of carbonyl (C=O) groups is 2. The number of hydrogen-bond donors (Lipinski definition) is 2. The Bertz CT molecular complexity index is 1100. The van der Waals surface area contributed by atoms with Crippen LogP contribution in [0.15, 0.2) is 52.7 Å². The molecule has 10 heteroatoms. The Morgan fingerprint density at radius 1 is 1.23 bits per heavy atom. The molecule has 2 aromatic carbocycles. The second-order valence-electron chi connectivity index (χ2n) is 6.99. The molecule has 0 bridgehead atoms. The van der Waals surface area contributed by atoms with Gasteiger partial charge in [-0.2, -0.15) is 5.10 Å². The van der Waals surface area contributed by atoms with E-state index in [0.717, 1.165) is 28.6 Å². The summed E-state index contributed by atoms with van der Waals surface area (Å²) in [5.74, 6) is -0.559. The van der Waals surface area contributed by atoms with Crippen LogP contribution >= 0.6 is 11.8 Å². The minimum Gasteiger partial charge on any atom is -0.326 e. The monoisotopic (exact) mass is 439 g/mol. The van der Waals surface area contributed by atoms with E-state index in [9.17, 15) is 19.7 Å². The van der Waals surface area contributed by atoms with E-state index >= 15 is 0 Å². The van der Waals surface area contributed by atoms with Gasteiger partial charge in [0.2, 0.25) is 11.8 Å². The fourth-order valence-corrected chi connectivity index (χ4v) is 3.76. The molecule has 0 aromatic heterocycles. The zero-order valence-corrected chi connectivity index (χ0v) is 18.0. The molecule has 2 amide bonds. The SMILES string of the molecule is C/C(=N/N=C1/NC(=O)[C@H](CC(=O)Nc2cccc(C)c2C)S1)c1ccc([N+](=O)[O-])cc1. The maximum absolute atomic E-state index is 12.4. The zero-order chi connectivity index (χ0) is 22.5. The highest BCUT2D eigenvalue weighted by Gasteiger charge is 2.32. The Balaban J connectivity index is 1.61. The van der Waals surface area contributed by atoms with Gasteiger partial charge in [0.25, 0.3) is 5.69 Å². The molecule has 1 heterocycles. The molecule has 31 heavy (non-hydrogen) atoms. The molecule has 0 spiro atoms. The molecule has 2 N–H and O–H groups in total. The van der Waals surface area contributed by atoms with Crippen molar-refractivity contribution in [2.75, 3.05) is 5.32 Å². The van der Waals surface area contributed by atoms with Gasteiger partial charge in [0.15, 0.2) is 5.17 Å². The van der Waals surface area contributed by atoms with Gasteiger partial charge in [0.05, 0.1) is 10.6 Å². The number of anilines is 1. The lowest BCUT2D eigenvalue weighted by Gasteiger charge is -2.11. The number of non-ortho nitro benzene ring substituents is 1. The standard InChI is InChI=1S/C21H21N5O4S/c1-12-5-4-6-17(13(12)2)22-19(27)11-18-20(28)23-21(31-18)25-24-14(3)15-7-9-16(10-8-15)26(29)30/h4-10,18H,11H2,1-3H3,(H,22,27)(H,23,25,28)/b24-14-/t18-/m0/s1. The third-order valence-corrected chi connectivity index (χ3v) is 5.88. The van der Waals surface area contributed by atoms with Crippen LogP contribution in [0.2, 0.25) is 0 Å². The summed E-state index contributed by atoms with van der Waals surface area (Å²) in [5, 5.41) is 24.0. The van der Waals surface area contributed by atoms with Crippen LogP contribution in [0.3, 0.4) is 0 Å². The van der Waals surface area contributed by atoms with E-state index in [0.29, 0.717) is 16.4 Å². The Morgan fingerprint density at radius 3 is 2.61 bits per heavy atom. The number of amidine groups is 1. The number of nitrogens with zero attached hydrogens (tertiary/aromatic N) is 3. The van der Waals surface area contributed by atoms with Crippen molar-refractivity contribution in [3.8, 4) is 0 Å². The summed E-state index contributed by atoms with van der Waals surface area (Å²) < 4.78 is 0. The summed E-state index contributed by atoms with van der Waals surface area (Å²) in [6, 6.07) is 11.6. The number of carbonyl (C=O) groups excluding carboxylic acids is 2. The number of amides is 2. The summed E-state index contributed by atoms with van der Waals surface area (Å²) in [7, 11) is 0. The van der Waals surface area contributed by atoms with Crippen molar-refractivity contribution >= 4 is 45.8 Å². The predicted molar refractivity (Wildman–Crippen MR) is 121 cm³/mol. The maximum Gasteiger partial charge on any atom is 0.269 e. The van der Waals surface area contributed by atoms with Gasteiger partial charge in [-0.3, -0.25) is 19.7 Å². The van der Waals surface area contributed by atoms with Crippen molar-refractivity contribution in [2.45, 2.75) is 32.4 Å². The Morgan fingerprint density at radius 2 is 1.94 bits per heavy atom. The van der Waals surface area contributed by atoms with Crippen LogP contribution < -0.4 is 10.6 Å². The number of hydrogen-bond acceptors (Lipinski definition) is 7. The molecule has 3 rings (SSSR count). The minimum absolute atomic E-state index is 0.00789. The molecule has 1 aliphatic rings. The first-order valence-corrected chi connectivity index (χ1v) is 10.3. The number of thioether (sulfide) groups is 1. The van der Waals surface area contributed by atoms with Crippen LogP contribution in [-0.2, 0) is 9.59 Å². The summed E-state index contributed by atoms with van der Waals surface area (Å²) in [6.07, 6.45) is 0.00789. The Labute approximate surface area is 183 Å². The highest BCUT2D eigenvalue weighted by Crippen LogP contribution is 2.24. The number of nitro benzene ring substituents is 1. The van der Waals surface area contributed by atoms with E-state index in [2.05, 4.69) is 20.8 Å². The number of rotatable bonds is 6. The Hall–Kier alpha value is -3.53. The fourth-order valence-electron chi connectivity index (χ4n) is 2.85. The minimum atomic E-state index is -0.598. The largest absolute Gasteiger partial charge is 0.326 e. The lowest BCUT2D eigenvalue weighted by atomic mass is 10.1. The van der Waals surface area contributed by atoms with Crippen molar-refractivity contribution in [1.29, 1.82) is 0 Å². The number of nitrogens with one attached hydrogen (secondary N) is 2. The van der Waals surface area contributed by atoms with E-state index in [1.807, 2.05) is 32.0 Å². The molecule has 1 saturated heterocycles. The summed E-state index contributed by atoms with van der Waals surface area (Å²) in [6.45, 7) is 5.60. The molecule has 1 fully saturated rings. The van der Waals surface area contributed by atoms with Crippen molar-refractivity contribution in [3.63, 3.8) is 0 Å². The Kier molecular flexibility index (Phi) is 6.81. The molecule has 2 aromatic rings. The van der Waals surface area contributed by atoms with E-state index in [1.165, 1.54) is 12.1 Å². The normalized spacial score (nSPS) is 17.5. The summed E-state index contributed by atoms with van der Waals surface area (Å²) in [4.78, 5) is 34.9. The summed E-state index contributed by atoms with van der Waals surface area (Å²) >= 11 is 1.14. The van der Waals surface area contributed by atoms with Gasteiger partial charge in [-0.1, -0.05) is 23.9 Å². The third-order valence-electron chi connectivity index (χ3n) is 4.81.